The fourth-order valence-corrected chi connectivity index (χ4v) is 1.68. The Kier molecular flexibility index (Phi) is 2.97. The van der Waals surface area contributed by atoms with Crippen molar-refractivity contribution in [2.75, 3.05) is 0 Å². The van der Waals surface area contributed by atoms with Crippen LogP contribution in [-0.4, -0.2) is 16.4 Å². The molecule has 16 heavy (non-hydrogen) atoms. The Hall–Kier alpha value is -1.74. The molecule has 82 valence electrons. The number of carbonyl (C=O) groups is 1. The Balaban J connectivity index is 2.44. The molecule has 0 bridgehead atoms. The topological polar surface area (TPSA) is 50.2 Å². The summed E-state index contributed by atoms with van der Waals surface area (Å²) in [6, 6.07) is 9.44. The van der Waals surface area contributed by atoms with Crippen LogP contribution in [0.15, 0.2) is 30.3 Å². The van der Waals surface area contributed by atoms with E-state index in [2.05, 4.69) is 4.98 Å². The maximum absolute atomic E-state index is 10.3. The summed E-state index contributed by atoms with van der Waals surface area (Å²) in [6.07, 6.45) is 0.135. The maximum atomic E-state index is 10.3. The van der Waals surface area contributed by atoms with Gasteiger partial charge in [-0.25, -0.2) is 0 Å². The number of pyridine rings is 1. The van der Waals surface area contributed by atoms with Gasteiger partial charge in [0.15, 0.2) is 0 Å². The van der Waals surface area contributed by atoms with Gasteiger partial charge in [-0.2, -0.15) is 0 Å². The van der Waals surface area contributed by atoms with E-state index in [1.165, 1.54) is 0 Å². The van der Waals surface area contributed by atoms with E-state index in [1.807, 2.05) is 37.3 Å². The van der Waals surface area contributed by atoms with E-state index in [1.54, 1.807) is 0 Å². The molecule has 3 nitrogen and oxygen atoms in total. The highest BCUT2D eigenvalue weighted by atomic mass is 16.3. The molecule has 0 aliphatic carbocycles. The van der Waals surface area contributed by atoms with Crippen LogP contribution in [0.3, 0.4) is 0 Å². The van der Waals surface area contributed by atoms with E-state index >= 15 is 0 Å². The lowest BCUT2D eigenvalue weighted by Crippen LogP contribution is -1.98. The Morgan fingerprint density at radius 3 is 2.94 bits per heavy atom. The second kappa shape index (κ2) is 4.41. The molecular weight excluding hydrogens is 202 g/mol. The first-order chi connectivity index (χ1) is 7.70. The number of carbonyl (C=O) groups excluding carboxylic acids is 1. The smallest absolute Gasteiger partial charge is 0.122 e. The first kappa shape index (κ1) is 10.8. The molecule has 1 aromatic heterocycles. The summed E-state index contributed by atoms with van der Waals surface area (Å²) in [4.78, 5) is 14.7. The van der Waals surface area contributed by atoms with Crippen molar-refractivity contribution in [3.63, 3.8) is 0 Å². The number of aromatic nitrogens is 1. The van der Waals surface area contributed by atoms with Crippen molar-refractivity contribution in [3.05, 3.63) is 41.6 Å². The highest BCUT2D eigenvalue weighted by molar-refractivity contribution is 5.79. The summed E-state index contributed by atoms with van der Waals surface area (Å²) in [6.45, 7) is 1.94. The molecule has 1 unspecified atom stereocenters. The lowest BCUT2D eigenvalue weighted by Gasteiger charge is -2.08. The monoisotopic (exact) mass is 215 g/mol. The number of aliphatic hydroxyl groups excluding tert-OH is 1. The third-order valence-corrected chi connectivity index (χ3v) is 2.56. The number of aliphatic hydroxyl groups is 1. The summed E-state index contributed by atoms with van der Waals surface area (Å²) >= 11 is 0. The van der Waals surface area contributed by atoms with Gasteiger partial charge in [-0.05, 0) is 30.7 Å². The van der Waals surface area contributed by atoms with Crippen LogP contribution in [0.5, 0.6) is 0 Å². The predicted octanol–water partition coefficient (Wildman–Crippen LogP) is 2.17. The lowest BCUT2D eigenvalue weighted by molar-refractivity contribution is -0.109. The summed E-state index contributed by atoms with van der Waals surface area (Å²) in [5, 5.41) is 10.7. The average Bonchev–Trinajstić information content (AvgIpc) is 2.28. The van der Waals surface area contributed by atoms with Gasteiger partial charge in [-0.1, -0.05) is 12.1 Å². The van der Waals surface area contributed by atoms with Crippen molar-refractivity contribution in [3.8, 4) is 0 Å². The minimum absolute atomic E-state index is 0.130. The first-order valence-electron chi connectivity index (χ1n) is 5.20. The van der Waals surface area contributed by atoms with Gasteiger partial charge in [-0.3, -0.25) is 4.98 Å². The van der Waals surface area contributed by atoms with Gasteiger partial charge in [0.25, 0.3) is 0 Å². The van der Waals surface area contributed by atoms with Crippen LogP contribution >= 0.6 is 0 Å². The molecular formula is C13H13NO2. The predicted molar refractivity (Wildman–Crippen MR) is 62.1 cm³/mol. The molecule has 0 radical (unpaired) electrons. The van der Waals surface area contributed by atoms with Crippen LogP contribution in [0.2, 0.25) is 0 Å². The van der Waals surface area contributed by atoms with Crippen LogP contribution in [0, 0.1) is 6.92 Å². The summed E-state index contributed by atoms with van der Waals surface area (Å²) < 4.78 is 0. The summed E-state index contributed by atoms with van der Waals surface area (Å²) in [5.41, 5.74) is 2.63. The van der Waals surface area contributed by atoms with Crippen molar-refractivity contribution in [2.24, 2.45) is 0 Å². The maximum Gasteiger partial charge on any atom is 0.122 e. The van der Waals surface area contributed by atoms with E-state index in [4.69, 9.17) is 0 Å². The Morgan fingerprint density at radius 1 is 1.38 bits per heavy atom. The number of hydrogen-bond acceptors (Lipinski definition) is 3. The zero-order chi connectivity index (χ0) is 11.5. The molecule has 0 amide bonds. The third kappa shape index (κ3) is 2.09. The highest BCUT2D eigenvalue weighted by Gasteiger charge is 2.07. The molecule has 0 saturated carbocycles. The average molecular weight is 215 g/mol. The molecule has 1 aromatic carbocycles. The van der Waals surface area contributed by atoms with E-state index in [0.29, 0.717) is 0 Å². The fourth-order valence-electron chi connectivity index (χ4n) is 1.68. The largest absolute Gasteiger partial charge is 0.388 e. The molecule has 0 aliphatic rings. The van der Waals surface area contributed by atoms with Crippen LogP contribution in [0.25, 0.3) is 10.9 Å². The van der Waals surface area contributed by atoms with Gasteiger partial charge in [0.2, 0.25) is 0 Å². The highest BCUT2D eigenvalue weighted by Crippen LogP contribution is 2.21. The van der Waals surface area contributed by atoms with E-state index < -0.39 is 6.10 Å². The zero-order valence-electron chi connectivity index (χ0n) is 9.05. The second-order valence-corrected chi connectivity index (χ2v) is 3.82. The summed E-state index contributed by atoms with van der Waals surface area (Å²) in [5.74, 6) is 0. The molecule has 2 aromatic rings. The van der Waals surface area contributed by atoms with Gasteiger partial charge < -0.3 is 9.90 Å². The van der Waals surface area contributed by atoms with Gasteiger partial charge in [-0.15, -0.1) is 0 Å². The Bertz CT molecular complexity index is 522. The molecule has 1 atom stereocenters. The minimum atomic E-state index is -0.719. The zero-order valence-corrected chi connectivity index (χ0v) is 9.05. The van der Waals surface area contributed by atoms with Crippen molar-refractivity contribution in [2.45, 2.75) is 19.4 Å². The fraction of sp³-hybridized carbons (Fsp3) is 0.231. The third-order valence-electron chi connectivity index (χ3n) is 2.56. The molecule has 1 N–H and O–H groups in total. The normalized spacial score (nSPS) is 12.6. The molecule has 2 rings (SSSR count). The van der Waals surface area contributed by atoms with Crippen LogP contribution < -0.4 is 0 Å². The number of benzene rings is 1. The van der Waals surface area contributed by atoms with Gasteiger partial charge >= 0.3 is 0 Å². The summed E-state index contributed by atoms with van der Waals surface area (Å²) in [7, 11) is 0. The number of nitrogens with zero attached hydrogens (tertiary/aromatic N) is 1. The van der Waals surface area contributed by atoms with Crippen molar-refractivity contribution >= 4 is 17.2 Å². The van der Waals surface area contributed by atoms with Gasteiger partial charge in [0.1, 0.15) is 6.29 Å². The van der Waals surface area contributed by atoms with Gasteiger partial charge in [0, 0.05) is 17.5 Å². The SMILES string of the molecule is Cc1ccc2cc(C(O)CC=O)ccc2n1. The van der Waals surface area contributed by atoms with E-state index in [0.717, 1.165) is 28.4 Å². The van der Waals surface area contributed by atoms with Gasteiger partial charge in [0.05, 0.1) is 11.6 Å². The van der Waals surface area contributed by atoms with E-state index in [9.17, 15) is 9.90 Å². The van der Waals surface area contributed by atoms with Crippen molar-refractivity contribution < 1.29 is 9.90 Å². The quantitative estimate of drug-likeness (QED) is 0.798. The number of hydrogen-bond donors (Lipinski definition) is 1. The van der Waals surface area contributed by atoms with Crippen LogP contribution in [0.4, 0.5) is 0 Å². The van der Waals surface area contributed by atoms with Crippen molar-refractivity contribution in [1.82, 2.24) is 4.98 Å². The Labute approximate surface area is 93.7 Å². The number of aryl methyl sites for hydroxylation is 1. The lowest BCUT2D eigenvalue weighted by atomic mass is 10.0. The molecule has 0 spiro atoms. The van der Waals surface area contributed by atoms with Crippen LogP contribution in [-0.2, 0) is 4.79 Å². The van der Waals surface area contributed by atoms with E-state index in [-0.39, 0.29) is 6.42 Å². The molecule has 0 aliphatic heterocycles. The number of rotatable bonds is 3. The van der Waals surface area contributed by atoms with Crippen molar-refractivity contribution in [1.29, 1.82) is 0 Å². The standard InChI is InChI=1S/C13H13NO2/c1-9-2-3-10-8-11(13(16)6-7-15)4-5-12(10)14-9/h2-5,7-8,13,16H,6H2,1H3. The minimum Gasteiger partial charge on any atom is -0.388 e. The molecule has 0 fully saturated rings. The first-order valence-corrected chi connectivity index (χ1v) is 5.20. The molecule has 3 heteroatoms. The number of fused-ring (bicyclic) bond motifs is 1. The second-order valence-electron chi connectivity index (χ2n) is 3.82. The molecule has 0 saturated heterocycles. The van der Waals surface area contributed by atoms with Crippen LogP contribution in [0.1, 0.15) is 23.8 Å². The molecule has 1 heterocycles. The number of aldehydes is 1. The Morgan fingerprint density at radius 2 is 2.19 bits per heavy atom.